The van der Waals surface area contributed by atoms with E-state index in [0.717, 1.165) is 19.3 Å². The van der Waals surface area contributed by atoms with E-state index in [0.29, 0.717) is 42.9 Å². The summed E-state index contributed by atoms with van der Waals surface area (Å²) in [6.07, 6.45) is 3.73. The molecule has 37 heavy (non-hydrogen) atoms. The molecule has 2 unspecified atom stereocenters. The molecule has 2 heterocycles. The van der Waals surface area contributed by atoms with Crippen LogP contribution in [0.15, 0.2) is 18.2 Å². The number of aromatic amines is 1. The molecule has 1 aromatic carbocycles. The number of nitrogens with zero attached hydrogens (tertiary/aromatic N) is 2. The zero-order valence-corrected chi connectivity index (χ0v) is 21.0. The van der Waals surface area contributed by atoms with Gasteiger partial charge < -0.3 is 0 Å². The fourth-order valence-electron chi connectivity index (χ4n) is 6.12. The second kappa shape index (κ2) is 9.80. The number of alkyl halides is 2. The van der Waals surface area contributed by atoms with Gasteiger partial charge in [0, 0.05) is 0 Å². The van der Waals surface area contributed by atoms with E-state index >= 15 is 0 Å². The Balaban J connectivity index is 1.25. The predicted octanol–water partition coefficient (Wildman–Crippen LogP) is 3.36. The van der Waals surface area contributed by atoms with Gasteiger partial charge in [-0.15, -0.1) is 0 Å². The Bertz CT molecular complexity index is 1200. The fourth-order valence-corrected chi connectivity index (χ4v) is 6.12. The molecule has 11 heteroatoms. The maximum absolute atomic E-state index is 14.1. The molecule has 3 aliphatic rings. The van der Waals surface area contributed by atoms with Gasteiger partial charge in [0.2, 0.25) is 0 Å². The Labute approximate surface area is 215 Å². The average Bonchev–Trinajstić information content (AvgIpc) is 3.26. The molecule has 2 amide bonds. The zero-order valence-electron chi connectivity index (χ0n) is 21.0. The van der Waals surface area contributed by atoms with Crippen molar-refractivity contribution in [3.8, 4) is 0 Å². The van der Waals surface area contributed by atoms with Gasteiger partial charge in [-0.2, -0.15) is 0 Å². The van der Waals surface area contributed by atoms with Crippen molar-refractivity contribution >= 4 is 35.9 Å². The van der Waals surface area contributed by atoms with Crippen molar-refractivity contribution in [3.63, 3.8) is 0 Å². The monoisotopic (exact) mass is 514 g/mol. The third-order valence-electron chi connectivity index (χ3n) is 8.06. The number of hydrogen-bond acceptors (Lipinski definition) is 4. The summed E-state index contributed by atoms with van der Waals surface area (Å²) in [7, 11) is 6.30. The first-order valence-corrected chi connectivity index (χ1v) is 13.0. The summed E-state index contributed by atoms with van der Waals surface area (Å²) < 4.78 is 40.9. The summed E-state index contributed by atoms with van der Waals surface area (Å²) in [5.74, 6) is -3.36. The van der Waals surface area contributed by atoms with Crippen LogP contribution < -0.4 is 10.6 Å². The van der Waals surface area contributed by atoms with E-state index in [9.17, 15) is 22.8 Å². The summed E-state index contributed by atoms with van der Waals surface area (Å²) in [6.45, 7) is 3.04. The molecular weight excluding hydrogens is 482 g/mol. The van der Waals surface area contributed by atoms with E-state index in [1.807, 2.05) is 0 Å². The molecule has 1 spiro atoms. The zero-order chi connectivity index (χ0) is 26.4. The molecule has 3 fully saturated rings. The van der Waals surface area contributed by atoms with Crippen molar-refractivity contribution in [2.24, 2.45) is 11.3 Å². The van der Waals surface area contributed by atoms with Gasteiger partial charge >= 0.3 is 215 Å². The van der Waals surface area contributed by atoms with Crippen LogP contribution in [0, 0.1) is 17.2 Å². The van der Waals surface area contributed by atoms with Gasteiger partial charge in [0.15, 0.2) is 0 Å². The van der Waals surface area contributed by atoms with Crippen LogP contribution in [0.1, 0.15) is 70.2 Å². The van der Waals surface area contributed by atoms with Crippen molar-refractivity contribution in [3.05, 3.63) is 29.8 Å². The summed E-state index contributed by atoms with van der Waals surface area (Å²) in [4.78, 5) is 35.4. The predicted molar refractivity (Wildman–Crippen MR) is 135 cm³/mol. The number of nitrogens with one attached hydrogen (secondary N) is 3. The molecule has 1 radical (unpaired) electrons. The first-order valence-electron chi connectivity index (χ1n) is 13.0. The Morgan fingerprint density at radius 3 is 2.54 bits per heavy atom. The number of hydrogen-bond donors (Lipinski definition) is 3. The Hall–Kier alpha value is -2.85. The molecule has 2 saturated carbocycles. The van der Waals surface area contributed by atoms with Gasteiger partial charge in [-0.3, -0.25) is 0 Å². The number of carbonyl (C=O) groups excluding carboxylic acids is 2. The molecule has 2 atom stereocenters. The normalized spacial score (nSPS) is 22.1. The van der Waals surface area contributed by atoms with E-state index in [2.05, 4.69) is 20.6 Å². The van der Waals surface area contributed by atoms with Crippen molar-refractivity contribution in [1.82, 2.24) is 25.5 Å². The molecule has 2 aliphatic carbocycles. The average molecular weight is 514 g/mol. The standard InChI is InChI=1S/C26H32BF3N5O2/c1-15(23-33-18-7-5-6-17(28)21(18)34-23)31-24(37)19(10-20(36)35-8-3-2-4-9-35)32-22(27)16-11-25(12-16)13-26(29,30)14-25/h5-7,15-16,19,32H,2-4,8-14H2,1H3,(H,31,37)(H,33,34). The van der Waals surface area contributed by atoms with Gasteiger partial charge in [-0.05, 0) is 0 Å². The SMILES string of the molecule is [B]=C(NC(CC(=O)N1CCCCC1)C(=O)NC(C)c1nc2c(F)cccc2[nH]1)C1CC2(C1)CC(F)(F)C2. The van der Waals surface area contributed by atoms with Gasteiger partial charge in [-0.1, -0.05) is 0 Å². The van der Waals surface area contributed by atoms with Crippen molar-refractivity contribution in [1.29, 1.82) is 0 Å². The number of aromatic nitrogens is 2. The number of rotatable bonds is 8. The number of likely N-dealkylation sites (tertiary alicyclic amines) is 1. The molecule has 3 N–H and O–H groups in total. The molecule has 1 saturated heterocycles. The third kappa shape index (κ3) is 5.41. The molecule has 0 bridgehead atoms. The van der Waals surface area contributed by atoms with E-state index in [4.69, 9.17) is 7.49 Å². The molecule has 197 valence electrons. The Morgan fingerprint density at radius 1 is 1.19 bits per heavy atom. The number of benzene rings is 1. The van der Waals surface area contributed by atoms with E-state index < -0.39 is 29.7 Å². The number of para-hydroxylation sites is 1. The third-order valence-corrected chi connectivity index (χ3v) is 8.06. The number of halogens is 3. The second-order valence-corrected chi connectivity index (χ2v) is 11.1. The van der Waals surface area contributed by atoms with Crippen LogP contribution >= 0.6 is 0 Å². The molecular formula is C26H32BF3N5O2. The summed E-state index contributed by atoms with van der Waals surface area (Å²) >= 11 is 0. The number of piperidine rings is 1. The fraction of sp³-hybridized carbons (Fsp3) is 0.615. The first kappa shape index (κ1) is 25.8. The van der Waals surface area contributed by atoms with Gasteiger partial charge in [-0.25, -0.2) is 0 Å². The number of carbonyl (C=O) groups is 2. The van der Waals surface area contributed by atoms with E-state index in [1.165, 1.54) is 6.07 Å². The molecule has 1 aromatic heterocycles. The number of imidazole rings is 1. The summed E-state index contributed by atoms with van der Waals surface area (Å²) in [6, 6.07) is 3.07. The first-order chi connectivity index (χ1) is 17.5. The minimum absolute atomic E-state index is 0.0794. The van der Waals surface area contributed by atoms with Crippen molar-refractivity contribution in [2.75, 3.05) is 13.1 Å². The molecule has 5 rings (SSSR count). The quantitative estimate of drug-likeness (QED) is 0.472. The van der Waals surface area contributed by atoms with Gasteiger partial charge in [0.05, 0.1) is 0 Å². The number of fused-ring (bicyclic) bond motifs is 1. The Kier molecular flexibility index (Phi) is 6.83. The molecule has 7 nitrogen and oxygen atoms in total. The van der Waals surface area contributed by atoms with Crippen LogP contribution in [-0.4, -0.2) is 64.8 Å². The van der Waals surface area contributed by atoms with Crippen LogP contribution in [0.2, 0.25) is 0 Å². The van der Waals surface area contributed by atoms with Crippen LogP contribution in [0.4, 0.5) is 13.2 Å². The van der Waals surface area contributed by atoms with Crippen LogP contribution in [0.5, 0.6) is 0 Å². The van der Waals surface area contributed by atoms with Crippen molar-refractivity contribution in [2.45, 2.75) is 76.3 Å². The molecule has 2 aromatic rings. The van der Waals surface area contributed by atoms with E-state index in [-0.39, 0.29) is 42.0 Å². The summed E-state index contributed by atoms with van der Waals surface area (Å²) in [5.41, 5.74) is 0.703. The number of amides is 2. The molecule has 1 aliphatic heterocycles. The second-order valence-electron chi connectivity index (χ2n) is 11.1. The van der Waals surface area contributed by atoms with E-state index in [1.54, 1.807) is 24.0 Å². The minimum atomic E-state index is -2.59. The van der Waals surface area contributed by atoms with Crippen LogP contribution in [0.25, 0.3) is 11.0 Å². The summed E-state index contributed by atoms with van der Waals surface area (Å²) in [5, 5.41) is 5.90. The van der Waals surface area contributed by atoms with Crippen LogP contribution in [-0.2, 0) is 9.59 Å². The van der Waals surface area contributed by atoms with Crippen LogP contribution in [0.3, 0.4) is 0 Å². The topological polar surface area (TPSA) is 90.1 Å². The van der Waals surface area contributed by atoms with Gasteiger partial charge in [0.1, 0.15) is 0 Å². The number of H-pyrrole nitrogens is 1. The van der Waals surface area contributed by atoms with Gasteiger partial charge in [0.25, 0.3) is 0 Å². The maximum atomic E-state index is 14.1. The van der Waals surface area contributed by atoms with Crippen molar-refractivity contribution < 1.29 is 22.8 Å². The Morgan fingerprint density at radius 2 is 1.89 bits per heavy atom.